The number of anilines is 1. The molecule has 140 valence electrons. The first-order valence-electron chi connectivity index (χ1n) is 9.75. The van der Waals surface area contributed by atoms with Crippen LogP contribution >= 0.6 is 11.3 Å². The van der Waals surface area contributed by atoms with E-state index in [1.54, 1.807) is 11.3 Å². The van der Waals surface area contributed by atoms with Gasteiger partial charge in [0.05, 0.1) is 4.88 Å². The van der Waals surface area contributed by atoms with Crippen LogP contribution in [0.5, 0.6) is 0 Å². The van der Waals surface area contributed by atoms with E-state index >= 15 is 0 Å². The molecule has 0 aromatic carbocycles. The van der Waals surface area contributed by atoms with Gasteiger partial charge in [-0.15, -0.1) is 21.5 Å². The number of nitrogens with one attached hydrogen (secondary N) is 1. The number of carbonyl (C=O) groups is 1. The molecule has 4 heterocycles. The van der Waals surface area contributed by atoms with Crippen molar-refractivity contribution in [2.75, 3.05) is 18.0 Å². The molecule has 0 bridgehead atoms. The summed E-state index contributed by atoms with van der Waals surface area (Å²) in [7, 11) is 0. The molecule has 5 rings (SSSR count). The predicted octanol–water partition coefficient (Wildman–Crippen LogP) is 3.07. The minimum absolute atomic E-state index is 0.0979. The molecule has 1 fully saturated rings. The molecule has 0 spiro atoms. The molecule has 2 aliphatic rings. The summed E-state index contributed by atoms with van der Waals surface area (Å²) in [6.07, 6.45) is 8.63. The third-order valence-corrected chi connectivity index (χ3v) is 6.87. The number of amides is 1. The standard InChI is InChI=1S/C20H23N5OS/c26-19(17-13-14-5-1-2-6-16(14)27-17)21-15-8-11-24(12-9-15)20-23-22-18-7-3-4-10-25(18)20/h3-4,7,10,13,15H,1-2,5-6,8-9,11-12H2,(H,21,26). The van der Waals surface area contributed by atoms with Gasteiger partial charge in [-0.3, -0.25) is 9.20 Å². The highest BCUT2D eigenvalue weighted by molar-refractivity contribution is 7.14. The lowest BCUT2D eigenvalue weighted by molar-refractivity contribution is 0.0935. The number of piperidine rings is 1. The molecule has 3 aromatic rings. The Morgan fingerprint density at radius 3 is 2.85 bits per heavy atom. The first-order chi connectivity index (χ1) is 13.3. The monoisotopic (exact) mass is 381 g/mol. The average molecular weight is 382 g/mol. The summed E-state index contributed by atoms with van der Waals surface area (Å²) in [6.45, 7) is 1.75. The van der Waals surface area contributed by atoms with Crippen molar-refractivity contribution < 1.29 is 4.79 Å². The number of carbonyl (C=O) groups excluding carboxylic acids is 1. The van der Waals surface area contributed by atoms with Gasteiger partial charge in [-0.2, -0.15) is 0 Å². The van der Waals surface area contributed by atoms with E-state index in [1.165, 1.54) is 23.3 Å². The maximum atomic E-state index is 12.7. The molecule has 1 aliphatic heterocycles. The maximum absolute atomic E-state index is 12.7. The number of pyridine rings is 1. The van der Waals surface area contributed by atoms with E-state index < -0.39 is 0 Å². The van der Waals surface area contributed by atoms with Crippen LogP contribution in [-0.4, -0.2) is 39.6 Å². The molecule has 1 saturated heterocycles. The first kappa shape index (κ1) is 16.7. The van der Waals surface area contributed by atoms with Gasteiger partial charge in [-0.1, -0.05) is 6.07 Å². The Morgan fingerprint density at radius 1 is 1.15 bits per heavy atom. The van der Waals surface area contributed by atoms with Gasteiger partial charge in [0, 0.05) is 30.2 Å². The van der Waals surface area contributed by atoms with Crippen LogP contribution in [0.2, 0.25) is 0 Å². The third-order valence-electron chi connectivity index (χ3n) is 5.63. The second-order valence-corrected chi connectivity index (χ2v) is 8.57. The SMILES string of the molecule is O=C(NC1CCN(c2nnc3ccccn23)CC1)c1cc2c(s1)CCCC2. The fourth-order valence-corrected chi connectivity index (χ4v) is 5.28. The molecule has 1 N–H and O–H groups in total. The van der Waals surface area contributed by atoms with Gasteiger partial charge in [-0.25, -0.2) is 0 Å². The van der Waals surface area contributed by atoms with Crippen LogP contribution in [0.3, 0.4) is 0 Å². The lowest BCUT2D eigenvalue weighted by Gasteiger charge is -2.32. The Labute approximate surface area is 162 Å². The summed E-state index contributed by atoms with van der Waals surface area (Å²) in [6, 6.07) is 8.27. The highest BCUT2D eigenvalue weighted by atomic mass is 32.1. The van der Waals surface area contributed by atoms with Gasteiger partial charge in [0.25, 0.3) is 5.91 Å². The van der Waals surface area contributed by atoms with E-state index in [-0.39, 0.29) is 11.9 Å². The number of fused-ring (bicyclic) bond motifs is 2. The van der Waals surface area contributed by atoms with Crippen molar-refractivity contribution in [3.8, 4) is 0 Å². The molecule has 3 aromatic heterocycles. The fourth-order valence-electron chi connectivity index (χ4n) is 4.13. The van der Waals surface area contributed by atoms with Crippen molar-refractivity contribution >= 4 is 28.8 Å². The van der Waals surface area contributed by atoms with Crippen LogP contribution in [0.4, 0.5) is 5.95 Å². The fraction of sp³-hybridized carbons (Fsp3) is 0.450. The van der Waals surface area contributed by atoms with Gasteiger partial charge in [0.1, 0.15) is 0 Å². The topological polar surface area (TPSA) is 62.5 Å². The van der Waals surface area contributed by atoms with Crippen LogP contribution in [0, 0.1) is 0 Å². The van der Waals surface area contributed by atoms with Gasteiger partial charge in [0.2, 0.25) is 5.95 Å². The second kappa shape index (κ2) is 6.96. The van der Waals surface area contributed by atoms with E-state index in [0.29, 0.717) is 0 Å². The molecule has 6 nitrogen and oxygen atoms in total. The minimum Gasteiger partial charge on any atom is -0.348 e. The highest BCUT2D eigenvalue weighted by Gasteiger charge is 2.25. The first-order valence-corrected chi connectivity index (χ1v) is 10.6. The van der Waals surface area contributed by atoms with Crippen molar-refractivity contribution in [2.24, 2.45) is 0 Å². The predicted molar refractivity (Wildman–Crippen MR) is 107 cm³/mol. The number of rotatable bonds is 3. The largest absolute Gasteiger partial charge is 0.348 e. The van der Waals surface area contributed by atoms with Gasteiger partial charge < -0.3 is 10.2 Å². The minimum atomic E-state index is 0.0979. The summed E-state index contributed by atoms with van der Waals surface area (Å²) in [4.78, 5) is 17.2. The van der Waals surface area contributed by atoms with E-state index in [0.717, 1.165) is 55.2 Å². The van der Waals surface area contributed by atoms with Crippen LogP contribution in [0.25, 0.3) is 5.65 Å². The lowest BCUT2D eigenvalue weighted by Crippen LogP contribution is -2.45. The Hall–Kier alpha value is -2.41. The van der Waals surface area contributed by atoms with Crippen LogP contribution in [0.15, 0.2) is 30.5 Å². The van der Waals surface area contributed by atoms with E-state index in [2.05, 4.69) is 26.5 Å². The Morgan fingerprint density at radius 2 is 2.00 bits per heavy atom. The van der Waals surface area contributed by atoms with Gasteiger partial charge in [0.15, 0.2) is 5.65 Å². The summed E-state index contributed by atoms with van der Waals surface area (Å²) in [5, 5.41) is 11.8. The Balaban J connectivity index is 1.22. The van der Waals surface area contributed by atoms with E-state index in [9.17, 15) is 4.79 Å². The Kier molecular flexibility index (Phi) is 4.32. The molecule has 0 unspecified atom stereocenters. The zero-order valence-electron chi connectivity index (χ0n) is 15.2. The van der Waals surface area contributed by atoms with Gasteiger partial charge in [-0.05, 0) is 62.3 Å². The van der Waals surface area contributed by atoms with Crippen LogP contribution < -0.4 is 10.2 Å². The number of aryl methyl sites for hydroxylation is 2. The summed E-state index contributed by atoms with van der Waals surface area (Å²) in [5.41, 5.74) is 2.26. The quantitative estimate of drug-likeness (QED) is 0.757. The van der Waals surface area contributed by atoms with Gasteiger partial charge >= 0.3 is 0 Å². The second-order valence-electron chi connectivity index (χ2n) is 7.43. The zero-order chi connectivity index (χ0) is 18.2. The van der Waals surface area contributed by atoms with Crippen molar-refractivity contribution in [3.05, 3.63) is 45.8 Å². The molecule has 0 atom stereocenters. The molecule has 1 aliphatic carbocycles. The molecule has 0 saturated carbocycles. The zero-order valence-corrected chi connectivity index (χ0v) is 16.0. The number of aromatic nitrogens is 3. The van der Waals surface area contributed by atoms with Crippen molar-refractivity contribution in [1.29, 1.82) is 0 Å². The maximum Gasteiger partial charge on any atom is 0.261 e. The average Bonchev–Trinajstić information content (AvgIpc) is 3.33. The Bertz CT molecular complexity index is 946. The molecular formula is C20H23N5OS. The number of hydrogen-bond acceptors (Lipinski definition) is 5. The van der Waals surface area contributed by atoms with Crippen molar-refractivity contribution in [2.45, 2.75) is 44.6 Å². The molecule has 0 radical (unpaired) electrons. The molecular weight excluding hydrogens is 358 g/mol. The lowest BCUT2D eigenvalue weighted by atomic mass is 9.99. The number of hydrogen-bond donors (Lipinski definition) is 1. The molecule has 1 amide bonds. The normalized spacial score (nSPS) is 17.9. The third kappa shape index (κ3) is 3.20. The van der Waals surface area contributed by atoms with Crippen LogP contribution in [0.1, 0.15) is 45.8 Å². The van der Waals surface area contributed by atoms with Crippen LogP contribution in [-0.2, 0) is 12.8 Å². The smallest absolute Gasteiger partial charge is 0.261 e. The highest BCUT2D eigenvalue weighted by Crippen LogP contribution is 2.30. The van der Waals surface area contributed by atoms with E-state index in [4.69, 9.17) is 0 Å². The molecule has 27 heavy (non-hydrogen) atoms. The summed E-state index contributed by atoms with van der Waals surface area (Å²) < 4.78 is 2.02. The molecule has 7 heteroatoms. The summed E-state index contributed by atoms with van der Waals surface area (Å²) in [5.74, 6) is 0.988. The van der Waals surface area contributed by atoms with E-state index in [1.807, 2.05) is 28.8 Å². The van der Waals surface area contributed by atoms with Crippen molar-refractivity contribution in [1.82, 2.24) is 19.9 Å². The number of nitrogens with zero attached hydrogens (tertiary/aromatic N) is 4. The summed E-state index contributed by atoms with van der Waals surface area (Å²) >= 11 is 1.69. The number of thiophene rings is 1. The van der Waals surface area contributed by atoms with Crippen molar-refractivity contribution in [3.63, 3.8) is 0 Å².